The zero-order valence-electron chi connectivity index (χ0n) is 12.9. The Morgan fingerprint density at radius 3 is 2.13 bits per heavy atom. The Bertz CT molecular complexity index is 614. The number of carbonyl (C=O) groups is 2. The summed E-state index contributed by atoms with van der Waals surface area (Å²) in [7, 11) is 0. The van der Waals surface area contributed by atoms with Gasteiger partial charge in [-0.1, -0.05) is 0 Å². The number of hydrogen-bond acceptors (Lipinski definition) is 2. The van der Waals surface area contributed by atoms with Crippen LogP contribution in [-0.4, -0.2) is 54.0 Å². The molecule has 1 aromatic rings. The minimum atomic E-state index is -1.66. The third kappa shape index (κ3) is 3.75. The first-order valence-corrected chi connectivity index (χ1v) is 7.29. The molecule has 0 aromatic heterocycles. The smallest absolute Gasteiger partial charge is 0.317 e. The van der Waals surface area contributed by atoms with E-state index in [2.05, 4.69) is 5.32 Å². The molecule has 8 heteroatoms. The molecule has 0 atom stereocenters. The summed E-state index contributed by atoms with van der Waals surface area (Å²) in [6.07, 6.45) is 0. The molecule has 1 saturated heterocycles. The van der Waals surface area contributed by atoms with Gasteiger partial charge in [-0.2, -0.15) is 0 Å². The van der Waals surface area contributed by atoms with Crippen LogP contribution in [0.2, 0.25) is 0 Å². The Kier molecular flexibility index (Phi) is 5.12. The molecule has 1 heterocycles. The first kappa shape index (κ1) is 17.1. The summed E-state index contributed by atoms with van der Waals surface area (Å²) in [5, 5.41) is 2.74. The summed E-state index contributed by atoms with van der Waals surface area (Å²) >= 11 is 0. The van der Waals surface area contributed by atoms with Crippen molar-refractivity contribution in [2.45, 2.75) is 19.9 Å². The fraction of sp³-hybridized carbons (Fsp3) is 0.467. The predicted octanol–water partition coefficient (Wildman–Crippen LogP) is 1.98. The first-order valence-electron chi connectivity index (χ1n) is 7.29. The van der Waals surface area contributed by atoms with Crippen molar-refractivity contribution in [1.29, 1.82) is 0 Å². The van der Waals surface area contributed by atoms with Crippen molar-refractivity contribution in [3.8, 4) is 0 Å². The average Bonchev–Trinajstić information content (AvgIpc) is 2.52. The second-order valence-corrected chi connectivity index (χ2v) is 5.61. The van der Waals surface area contributed by atoms with Crippen molar-refractivity contribution >= 4 is 11.9 Å². The standard InChI is InChI=1S/C15H18F3N3O2/c1-9(2)19-15(23)21-7-5-20(6-8-21)14(22)10-3-4-11(16)13(18)12(10)17/h3-4,9H,5-8H2,1-2H3,(H,19,23). The van der Waals surface area contributed by atoms with Crippen LogP contribution in [0.4, 0.5) is 18.0 Å². The molecule has 126 valence electrons. The van der Waals surface area contributed by atoms with Crippen molar-refractivity contribution in [2.75, 3.05) is 26.2 Å². The number of hydrogen-bond donors (Lipinski definition) is 1. The lowest BCUT2D eigenvalue weighted by molar-refractivity contribution is 0.0658. The molecule has 2 rings (SSSR count). The minimum absolute atomic E-state index is 0.00144. The van der Waals surface area contributed by atoms with Gasteiger partial charge in [-0.3, -0.25) is 4.79 Å². The summed E-state index contributed by atoms with van der Waals surface area (Å²) in [6.45, 7) is 4.64. The van der Waals surface area contributed by atoms with Gasteiger partial charge in [0.15, 0.2) is 17.5 Å². The van der Waals surface area contributed by atoms with Crippen LogP contribution in [0.15, 0.2) is 12.1 Å². The maximum absolute atomic E-state index is 13.7. The van der Waals surface area contributed by atoms with Gasteiger partial charge in [-0.15, -0.1) is 0 Å². The summed E-state index contributed by atoms with van der Waals surface area (Å²) < 4.78 is 39.8. The van der Waals surface area contributed by atoms with Gasteiger partial charge in [-0.05, 0) is 26.0 Å². The summed E-state index contributed by atoms with van der Waals surface area (Å²) in [4.78, 5) is 26.9. The molecular formula is C15H18F3N3O2. The first-order chi connectivity index (χ1) is 10.8. The van der Waals surface area contributed by atoms with Crippen molar-refractivity contribution in [3.05, 3.63) is 35.1 Å². The van der Waals surface area contributed by atoms with Crippen LogP contribution in [0.1, 0.15) is 24.2 Å². The van der Waals surface area contributed by atoms with Gasteiger partial charge in [0.2, 0.25) is 0 Å². The maximum Gasteiger partial charge on any atom is 0.317 e. The molecule has 23 heavy (non-hydrogen) atoms. The van der Waals surface area contributed by atoms with Crippen LogP contribution >= 0.6 is 0 Å². The number of rotatable bonds is 2. The van der Waals surface area contributed by atoms with Crippen molar-refractivity contribution in [2.24, 2.45) is 0 Å². The number of carbonyl (C=O) groups excluding carboxylic acids is 2. The van der Waals surface area contributed by atoms with Crippen LogP contribution in [0.3, 0.4) is 0 Å². The van der Waals surface area contributed by atoms with E-state index >= 15 is 0 Å². The number of nitrogens with one attached hydrogen (secondary N) is 1. The average molecular weight is 329 g/mol. The van der Waals surface area contributed by atoms with Gasteiger partial charge in [0, 0.05) is 32.2 Å². The summed E-state index contributed by atoms with van der Waals surface area (Å²) in [6, 6.07) is 1.41. The third-order valence-corrected chi connectivity index (χ3v) is 3.53. The lowest BCUT2D eigenvalue weighted by Crippen LogP contribution is -2.54. The number of urea groups is 1. The largest absolute Gasteiger partial charge is 0.336 e. The number of piperazine rings is 1. The number of amides is 3. The highest BCUT2D eigenvalue weighted by atomic mass is 19.2. The van der Waals surface area contributed by atoms with E-state index < -0.39 is 28.9 Å². The van der Waals surface area contributed by atoms with E-state index in [0.717, 1.165) is 12.1 Å². The molecule has 1 N–H and O–H groups in total. The number of halogens is 3. The Balaban J connectivity index is 2.02. The highest BCUT2D eigenvalue weighted by Crippen LogP contribution is 2.18. The zero-order valence-corrected chi connectivity index (χ0v) is 12.9. The molecule has 5 nitrogen and oxygen atoms in total. The Morgan fingerprint density at radius 1 is 1.00 bits per heavy atom. The topological polar surface area (TPSA) is 52.7 Å². The third-order valence-electron chi connectivity index (χ3n) is 3.53. The zero-order chi connectivity index (χ0) is 17.1. The maximum atomic E-state index is 13.7. The molecule has 0 unspecified atom stereocenters. The molecule has 1 aliphatic heterocycles. The molecule has 3 amide bonds. The lowest BCUT2D eigenvalue weighted by Gasteiger charge is -2.35. The number of nitrogens with zero attached hydrogens (tertiary/aromatic N) is 2. The van der Waals surface area contributed by atoms with Gasteiger partial charge in [0.25, 0.3) is 5.91 Å². The highest BCUT2D eigenvalue weighted by molar-refractivity contribution is 5.94. The summed E-state index contributed by atoms with van der Waals surface area (Å²) in [5.41, 5.74) is -0.510. The van der Waals surface area contributed by atoms with E-state index in [1.807, 2.05) is 13.8 Å². The molecule has 0 radical (unpaired) electrons. The van der Waals surface area contributed by atoms with Gasteiger partial charge < -0.3 is 15.1 Å². The Hall–Kier alpha value is -2.25. The van der Waals surface area contributed by atoms with E-state index in [-0.39, 0.29) is 38.3 Å². The van der Waals surface area contributed by atoms with E-state index in [0.29, 0.717) is 0 Å². The van der Waals surface area contributed by atoms with Crippen molar-refractivity contribution < 1.29 is 22.8 Å². The van der Waals surface area contributed by atoms with Crippen molar-refractivity contribution in [3.63, 3.8) is 0 Å². The molecule has 0 bridgehead atoms. The van der Waals surface area contributed by atoms with Crippen LogP contribution < -0.4 is 5.32 Å². The summed E-state index contributed by atoms with van der Waals surface area (Å²) in [5.74, 6) is -5.21. The Labute approximate surface area is 132 Å². The monoisotopic (exact) mass is 329 g/mol. The van der Waals surface area contributed by atoms with Crippen LogP contribution in [0.25, 0.3) is 0 Å². The van der Waals surface area contributed by atoms with Crippen LogP contribution in [0.5, 0.6) is 0 Å². The Morgan fingerprint density at radius 2 is 1.57 bits per heavy atom. The SMILES string of the molecule is CC(C)NC(=O)N1CCN(C(=O)c2ccc(F)c(F)c2F)CC1. The molecule has 1 fully saturated rings. The molecule has 0 aliphatic carbocycles. The second kappa shape index (κ2) is 6.89. The predicted molar refractivity (Wildman–Crippen MR) is 77.5 cm³/mol. The van der Waals surface area contributed by atoms with Crippen LogP contribution in [0, 0.1) is 17.5 Å². The highest BCUT2D eigenvalue weighted by Gasteiger charge is 2.28. The minimum Gasteiger partial charge on any atom is -0.336 e. The number of benzene rings is 1. The lowest BCUT2D eigenvalue weighted by atomic mass is 10.1. The van der Waals surface area contributed by atoms with Gasteiger partial charge in [0.05, 0.1) is 5.56 Å². The molecule has 1 aromatic carbocycles. The van der Waals surface area contributed by atoms with Gasteiger partial charge in [-0.25, -0.2) is 18.0 Å². The molecule has 0 saturated carbocycles. The normalized spacial score (nSPS) is 15.0. The quantitative estimate of drug-likeness (QED) is 0.844. The van der Waals surface area contributed by atoms with Crippen molar-refractivity contribution in [1.82, 2.24) is 15.1 Å². The van der Waals surface area contributed by atoms with E-state index in [1.165, 1.54) is 4.90 Å². The van der Waals surface area contributed by atoms with E-state index in [9.17, 15) is 22.8 Å². The second-order valence-electron chi connectivity index (χ2n) is 5.61. The van der Waals surface area contributed by atoms with E-state index in [4.69, 9.17) is 0 Å². The molecular weight excluding hydrogens is 311 g/mol. The van der Waals surface area contributed by atoms with Gasteiger partial charge >= 0.3 is 6.03 Å². The van der Waals surface area contributed by atoms with Gasteiger partial charge in [0.1, 0.15) is 0 Å². The van der Waals surface area contributed by atoms with E-state index in [1.54, 1.807) is 4.90 Å². The molecule has 1 aliphatic rings. The fourth-order valence-electron chi connectivity index (χ4n) is 2.31. The fourth-order valence-corrected chi connectivity index (χ4v) is 2.31. The molecule has 0 spiro atoms. The van der Waals surface area contributed by atoms with Crippen LogP contribution in [-0.2, 0) is 0 Å².